The van der Waals surface area contributed by atoms with Crippen molar-refractivity contribution in [2.75, 3.05) is 6.54 Å². The summed E-state index contributed by atoms with van der Waals surface area (Å²) in [6, 6.07) is 1.90. The van der Waals surface area contributed by atoms with Crippen LogP contribution in [0.15, 0.2) is 11.4 Å². The molecule has 0 bridgehead atoms. The Morgan fingerprint density at radius 2 is 2.55 bits per heavy atom. The van der Waals surface area contributed by atoms with Gasteiger partial charge in [-0.25, -0.2) is 0 Å². The molecule has 1 atom stereocenters. The summed E-state index contributed by atoms with van der Waals surface area (Å²) < 4.78 is 0. The Balaban J connectivity index is 2.37. The van der Waals surface area contributed by atoms with Crippen LogP contribution in [0.5, 0.6) is 0 Å². The molecule has 1 aromatic rings. The Kier molecular flexibility index (Phi) is 1.55. The minimum Gasteiger partial charge on any atom is -0.330 e. The molecule has 2 N–H and O–H groups in total. The Morgan fingerprint density at radius 1 is 1.73 bits per heavy atom. The second-order valence-electron chi connectivity index (χ2n) is 2.76. The van der Waals surface area contributed by atoms with Crippen molar-refractivity contribution >= 4 is 17.1 Å². The molecule has 0 aromatic carbocycles. The van der Waals surface area contributed by atoms with Crippen LogP contribution in [0.2, 0.25) is 0 Å². The van der Waals surface area contributed by atoms with Crippen LogP contribution in [-0.2, 0) is 6.42 Å². The summed E-state index contributed by atoms with van der Waals surface area (Å²) in [6.07, 6.45) is 0.863. The zero-order chi connectivity index (χ0) is 7.84. The molecule has 3 heteroatoms. The van der Waals surface area contributed by atoms with E-state index in [1.165, 1.54) is 4.88 Å². The summed E-state index contributed by atoms with van der Waals surface area (Å²) in [7, 11) is 0. The lowest BCUT2D eigenvalue weighted by molar-refractivity contribution is 0.0941. The molecule has 1 unspecified atom stereocenters. The minimum atomic E-state index is 0.0671. The number of nitrogens with two attached hydrogens (primary N) is 1. The van der Waals surface area contributed by atoms with E-state index in [4.69, 9.17) is 5.73 Å². The van der Waals surface area contributed by atoms with Crippen LogP contribution in [0.3, 0.4) is 0 Å². The van der Waals surface area contributed by atoms with Gasteiger partial charge in [-0.15, -0.1) is 11.3 Å². The highest BCUT2D eigenvalue weighted by atomic mass is 32.1. The highest BCUT2D eigenvalue weighted by Gasteiger charge is 2.29. The normalized spacial score (nSPS) is 22.3. The predicted octanol–water partition coefficient (Wildman–Crippen LogP) is 1.06. The van der Waals surface area contributed by atoms with Gasteiger partial charge in [-0.05, 0) is 17.9 Å². The second-order valence-corrected chi connectivity index (χ2v) is 3.76. The van der Waals surface area contributed by atoms with Gasteiger partial charge in [-0.2, -0.15) is 0 Å². The van der Waals surface area contributed by atoms with Gasteiger partial charge in [-0.3, -0.25) is 4.79 Å². The summed E-state index contributed by atoms with van der Waals surface area (Å²) in [4.78, 5) is 12.6. The van der Waals surface area contributed by atoms with Crippen molar-refractivity contribution in [1.82, 2.24) is 0 Å². The summed E-state index contributed by atoms with van der Waals surface area (Å²) in [5.74, 6) is 0.307. The zero-order valence-corrected chi connectivity index (χ0v) is 6.86. The topological polar surface area (TPSA) is 43.1 Å². The van der Waals surface area contributed by atoms with E-state index in [0.29, 0.717) is 6.54 Å². The zero-order valence-electron chi connectivity index (χ0n) is 6.04. The number of carbonyl (C=O) groups is 1. The lowest BCUT2D eigenvalue weighted by Gasteiger charge is -2.00. The molecule has 0 saturated heterocycles. The Labute approximate surface area is 69.0 Å². The third-order valence-electron chi connectivity index (χ3n) is 2.10. The van der Waals surface area contributed by atoms with E-state index >= 15 is 0 Å². The van der Waals surface area contributed by atoms with Crippen molar-refractivity contribution in [2.24, 2.45) is 11.7 Å². The quantitative estimate of drug-likeness (QED) is 0.679. The Bertz CT molecular complexity index is 292. The van der Waals surface area contributed by atoms with E-state index in [1.54, 1.807) is 11.3 Å². The number of carbonyl (C=O) groups excluding carboxylic acids is 1. The average molecular weight is 167 g/mol. The molecule has 2 nitrogen and oxygen atoms in total. The SMILES string of the molecule is NCC1Cc2sccc2C1=O. The number of hydrogen-bond acceptors (Lipinski definition) is 3. The predicted molar refractivity (Wildman–Crippen MR) is 44.9 cm³/mol. The molecule has 0 saturated carbocycles. The standard InChI is InChI=1S/C8H9NOS/c9-4-5-3-7-6(8(5)10)1-2-11-7/h1-2,5H,3-4,9H2. The maximum atomic E-state index is 11.4. The monoisotopic (exact) mass is 167 g/mol. The van der Waals surface area contributed by atoms with Gasteiger partial charge >= 0.3 is 0 Å². The summed E-state index contributed by atoms with van der Waals surface area (Å²) in [6.45, 7) is 0.486. The molecule has 0 fully saturated rings. The number of ketones is 1. The molecule has 0 radical (unpaired) electrons. The van der Waals surface area contributed by atoms with Crippen LogP contribution in [0, 0.1) is 5.92 Å². The molecule has 1 heterocycles. The number of fused-ring (bicyclic) bond motifs is 1. The maximum Gasteiger partial charge on any atom is 0.168 e. The summed E-state index contributed by atoms with van der Waals surface area (Å²) in [5, 5.41) is 1.97. The number of rotatable bonds is 1. The summed E-state index contributed by atoms with van der Waals surface area (Å²) in [5.41, 5.74) is 6.35. The Morgan fingerprint density at radius 3 is 3.18 bits per heavy atom. The fraction of sp³-hybridized carbons (Fsp3) is 0.375. The van der Waals surface area contributed by atoms with Crippen molar-refractivity contribution in [3.63, 3.8) is 0 Å². The molecule has 11 heavy (non-hydrogen) atoms. The lowest BCUT2D eigenvalue weighted by Crippen LogP contribution is -2.19. The van der Waals surface area contributed by atoms with Gasteiger partial charge in [-0.1, -0.05) is 0 Å². The van der Waals surface area contributed by atoms with Gasteiger partial charge in [0.1, 0.15) is 0 Å². The average Bonchev–Trinajstić information content (AvgIpc) is 2.53. The minimum absolute atomic E-state index is 0.0671. The highest BCUT2D eigenvalue weighted by molar-refractivity contribution is 7.10. The van der Waals surface area contributed by atoms with Crippen LogP contribution in [-0.4, -0.2) is 12.3 Å². The number of hydrogen-bond donors (Lipinski definition) is 1. The van der Waals surface area contributed by atoms with E-state index in [9.17, 15) is 4.79 Å². The van der Waals surface area contributed by atoms with Gasteiger partial charge in [0.2, 0.25) is 0 Å². The molecule has 1 aromatic heterocycles. The molecule has 1 aliphatic rings. The highest BCUT2D eigenvalue weighted by Crippen LogP contribution is 2.30. The van der Waals surface area contributed by atoms with Gasteiger partial charge in [0, 0.05) is 22.9 Å². The van der Waals surface area contributed by atoms with E-state index in [-0.39, 0.29) is 11.7 Å². The van der Waals surface area contributed by atoms with Gasteiger partial charge in [0.15, 0.2) is 5.78 Å². The molecular weight excluding hydrogens is 158 g/mol. The first kappa shape index (κ1) is 7.00. The van der Waals surface area contributed by atoms with Crippen molar-refractivity contribution < 1.29 is 4.79 Å². The van der Waals surface area contributed by atoms with Crippen LogP contribution >= 0.6 is 11.3 Å². The number of thiophene rings is 1. The van der Waals surface area contributed by atoms with Crippen molar-refractivity contribution in [1.29, 1.82) is 0 Å². The first-order chi connectivity index (χ1) is 5.33. The lowest BCUT2D eigenvalue weighted by atomic mass is 10.1. The van der Waals surface area contributed by atoms with Gasteiger partial charge in [0.05, 0.1) is 0 Å². The van der Waals surface area contributed by atoms with Crippen LogP contribution in [0.1, 0.15) is 15.2 Å². The van der Waals surface area contributed by atoms with E-state index < -0.39 is 0 Å². The fourth-order valence-corrected chi connectivity index (χ4v) is 2.41. The molecule has 0 aliphatic heterocycles. The van der Waals surface area contributed by atoms with E-state index in [2.05, 4.69) is 0 Å². The Hall–Kier alpha value is -0.670. The molecular formula is C8H9NOS. The third-order valence-corrected chi connectivity index (χ3v) is 3.04. The summed E-state index contributed by atoms with van der Waals surface area (Å²) >= 11 is 1.66. The first-order valence-corrected chi connectivity index (χ1v) is 4.51. The third kappa shape index (κ3) is 0.921. The van der Waals surface area contributed by atoms with Crippen molar-refractivity contribution in [3.8, 4) is 0 Å². The molecule has 58 valence electrons. The molecule has 1 aliphatic carbocycles. The van der Waals surface area contributed by atoms with Crippen LogP contribution < -0.4 is 5.73 Å². The van der Waals surface area contributed by atoms with Crippen LogP contribution in [0.4, 0.5) is 0 Å². The van der Waals surface area contributed by atoms with Gasteiger partial charge < -0.3 is 5.73 Å². The van der Waals surface area contributed by atoms with E-state index in [1.807, 2.05) is 11.4 Å². The molecule has 0 amide bonds. The smallest absolute Gasteiger partial charge is 0.168 e. The maximum absolute atomic E-state index is 11.4. The van der Waals surface area contributed by atoms with Crippen molar-refractivity contribution in [2.45, 2.75) is 6.42 Å². The molecule has 0 spiro atoms. The second kappa shape index (κ2) is 2.43. The molecule has 2 rings (SSSR count). The largest absolute Gasteiger partial charge is 0.330 e. The van der Waals surface area contributed by atoms with E-state index in [0.717, 1.165) is 12.0 Å². The number of Topliss-reactive ketones (excluding diaryl/α,β-unsaturated/α-hetero) is 1. The van der Waals surface area contributed by atoms with Gasteiger partial charge in [0.25, 0.3) is 0 Å². The fourth-order valence-electron chi connectivity index (χ4n) is 1.45. The van der Waals surface area contributed by atoms with Crippen molar-refractivity contribution in [3.05, 3.63) is 21.9 Å². The first-order valence-electron chi connectivity index (χ1n) is 3.63. The van der Waals surface area contributed by atoms with Crippen LogP contribution in [0.25, 0.3) is 0 Å².